The molecule has 0 saturated heterocycles. The molecule has 0 atom stereocenters. The molecule has 1 aromatic carbocycles. The smallest absolute Gasteiger partial charge is 0.234 e. The van der Waals surface area contributed by atoms with Crippen LogP contribution in [0.25, 0.3) is 11.4 Å². The van der Waals surface area contributed by atoms with Crippen molar-refractivity contribution in [2.24, 2.45) is 7.05 Å². The van der Waals surface area contributed by atoms with Crippen LogP contribution in [-0.4, -0.2) is 26.4 Å². The lowest BCUT2D eigenvalue weighted by Crippen LogP contribution is -2.14. The van der Waals surface area contributed by atoms with E-state index in [-0.39, 0.29) is 11.7 Å². The number of benzene rings is 1. The lowest BCUT2D eigenvalue weighted by molar-refractivity contribution is -0.113. The minimum absolute atomic E-state index is 0.0966. The summed E-state index contributed by atoms with van der Waals surface area (Å²) < 4.78 is 1.92. The Bertz CT molecular complexity index is 873. The maximum absolute atomic E-state index is 12.1. The number of anilines is 1. The second-order valence-electron chi connectivity index (χ2n) is 5.36. The number of carbonyl (C=O) groups excluding carboxylic acids is 1. The summed E-state index contributed by atoms with van der Waals surface area (Å²) in [5, 5.41) is 14.7. The topological polar surface area (TPSA) is 59.8 Å². The van der Waals surface area contributed by atoms with E-state index in [1.165, 1.54) is 16.6 Å². The van der Waals surface area contributed by atoms with Crippen LogP contribution < -0.4 is 5.32 Å². The fourth-order valence-electron chi connectivity index (χ4n) is 2.24. The number of hydrogen-bond donors (Lipinski definition) is 1. The highest BCUT2D eigenvalue weighted by atomic mass is 35.5. The zero-order chi connectivity index (χ0) is 17.8. The molecule has 1 amide bonds. The molecular formula is C17H17ClN4OS2. The Morgan fingerprint density at radius 2 is 2.08 bits per heavy atom. The molecule has 8 heteroatoms. The molecule has 0 radical (unpaired) electrons. The van der Waals surface area contributed by atoms with Gasteiger partial charge in [0.2, 0.25) is 5.91 Å². The fraction of sp³-hybridized carbons (Fsp3) is 0.235. The monoisotopic (exact) mass is 392 g/mol. The van der Waals surface area contributed by atoms with Gasteiger partial charge in [0.25, 0.3) is 0 Å². The molecule has 25 heavy (non-hydrogen) atoms. The predicted molar refractivity (Wildman–Crippen MR) is 104 cm³/mol. The number of hydrogen-bond acceptors (Lipinski definition) is 5. The number of thiophene rings is 1. The summed E-state index contributed by atoms with van der Waals surface area (Å²) in [5.41, 5.74) is 1.79. The molecule has 2 aromatic heterocycles. The van der Waals surface area contributed by atoms with Crippen LogP contribution in [0.15, 0.2) is 40.9 Å². The van der Waals surface area contributed by atoms with Crippen molar-refractivity contribution in [2.75, 3.05) is 11.1 Å². The molecule has 0 aliphatic carbocycles. The number of thioether (sulfide) groups is 1. The lowest BCUT2D eigenvalue weighted by Gasteiger charge is -2.05. The number of aryl methyl sites for hydroxylation is 1. The summed E-state index contributed by atoms with van der Waals surface area (Å²) >= 11 is 8.92. The molecule has 0 aliphatic heterocycles. The molecule has 0 spiro atoms. The predicted octanol–water partition coefficient (Wildman–Crippen LogP) is 4.49. The van der Waals surface area contributed by atoms with Crippen LogP contribution in [-0.2, 0) is 18.3 Å². The van der Waals surface area contributed by atoms with E-state index in [0.29, 0.717) is 10.2 Å². The first-order valence-corrected chi connectivity index (χ1v) is 9.96. The first kappa shape index (κ1) is 18.0. The van der Waals surface area contributed by atoms with Crippen LogP contribution in [0.2, 0.25) is 5.02 Å². The Labute approximate surface area is 159 Å². The van der Waals surface area contributed by atoms with Crippen molar-refractivity contribution < 1.29 is 4.79 Å². The number of nitrogens with one attached hydrogen (secondary N) is 1. The molecule has 3 aromatic rings. The Hall–Kier alpha value is -1.83. The maximum atomic E-state index is 12.1. The summed E-state index contributed by atoms with van der Waals surface area (Å²) in [5.74, 6) is 0.982. The van der Waals surface area contributed by atoms with Gasteiger partial charge in [-0.25, -0.2) is 0 Å². The Kier molecular flexibility index (Phi) is 5.78. The van der Waals surface area contributed by atoms with Crippen molar-refractivity contribution in [2.45, 2.75) is 18.5 Å². The standard InChI is InChI=1S/C17H17ClN4OS2/c1-3-14-8-11(9-24-14)16-20-21-17(22(16)2)25-10-15(23)19-13-6-4-12(18)5-7-13/h4-9H,3,10H2,1-2H3,(H,19,23). The van der Waals surface area contributed by atoms with Crippen LogP contribution in [0.1, 0.15) is 11.8 Å². The number of nitrogens with zero attached hydrogens (tertiary/aromatic N) is 3. The third-order valence-corrected chi connectivity index (χ3v) is 5.91. The number of rotatable bonds is 6. The van der Waals surface area contributed by atoms with Gasteiger partial charge >= 0.3 is 0 Å². The van der Waals surface area contributed by atoms with Gasteiger partial charge in [-0.15, -0.1) is 21.5 Å². The van der Waals surface area contributed by atoms with Crippen molar-refractivity contribution in [3.05, 3.63) is 45.6 Å². The van der Waals surface area contributed by atoms with Crippen molar-refractivity contribution in [3.8, 4) is 11.4 Å². The summed E-state index contributed by atoms with van der Waals surface area (Å²) in [6.45, 7) is 2.13. The molecule has 0 bridgehead atoms. The van der Waals surface area contributed by atoms with Gasteiger partial charge in [-0.2, -0.15) is 0 Å². The first-order chi connectivity index (χ1) is 12.1. The third-order valence-electron chi connectivity index (χ3n) is 3.56. The lowest BCUT2D eigenvalue weighted by atomic mass is 10.2. The summed E-state index contributed by atoms with van der Waals surface area (Å²) in [4.78, 5) is 13.4. The average molecular weight is 393 g/mol. The van der Waals surface area contributed by atoms with Gasteiger partial charge in [-0.1, -0.05) is 30.3 Å². The van der Waals surface area contributed by atoms with Crippen molar-refractivity contribution in [1.29, 1.82) is 0 Å². The Balaban J connectivity index is 1.61. The highest BCUT2D eigenvalue weighted by Gasteiger charge is 2.14. The SMILES string of the molecule is CCc1cc(-c2nnc(SCC(=O)Nc3ccc(Cl)cc3)n2C)cs1. The van der Waals surface area contributed by atoms with Gasteiger partial charge in [-0.3, -0.25) is 4.79 Å². The van der Waals surface area contributed by atoms with E-state index >= 15 is 0 Å². The van der Waals surface area contributed by atoms with E-state index in [1.54, 1.807) is 35.6 Å². The minimum atomic E-state index is -0.0966. The largest absolute Gasteiger partial charge is 0.325 e. The van der Waals surface area contributed by atoms with Gasteiger partial charge in [-0.05, 0) is 36.8 Å². The van der Waals surface area contributed by atoms with Crippen molar-refractivity contribution >= 4 is 46.3 Å². The highest BCUT2D eigenvalue weighted by Crippen LogP contribution is 2.27. The van der Waals surface area contributed by atoms with Crippen LogP contribution >= 0.6 is 34.7 Å². The third kappa shape index (κ3) is 4.42. The summed E-state index contributed by atoms with van der Waals surface area (Å²) in [6, 6.07) is 9.16. The highest BCUT2D eigenvalue weighted by molar-refractivity contribution is 7.99. The number of amides is 1. The molecule has 0 aliphatic rings. The minimum Gasteiger partial charge on any atom is -0.325 e. The van der Waals surface area contributed by atoms with Gasteiger partial charge in [0.15, 0.2) is 11.0 Å². The van der Waals surface area contributed by atoms with Crippen LogP contribution in [0, 0.1) is 0 Å². The van der Waals surface area contributed by atoms with Gasteiger partial charge in [0, 0.05) is 33.6 Å². The number of halogens is 1. The van der Waals surface area contributed by atoms with Crippen molar-refractivity contribution in [1.82, 2.24) is 14.8 Å². The second-order valence-corrected chi connectivity index (χ2v) is 7.74. The van der Waals surface area contributed by atoms with Crippen LogP contribution in [0.4, 0.5) is 5.69 Å². The molecule has 3 rings (SSSR count). The second kappa shape index (κ2) is 8.03. The molecule has 2 heterocycles. The maximum Gasteiger partial charge on any atom is 0.234 e. The summed E-state index contributed by atoms with van der Waals surface area (Å²) in [7, 11) is 1.91. The number of aromatic nitrogens is 3. The zero-order valence-electron chi connectivity index (χ0n) is 13.8. The van der Waals surface area contributed by atoms with E-state index in [4.69, 9.17) is 11.6 Å². The summed E-state index contributed by atoms with van der Waals surface area (Å²) in [6.07, 6.45) is 1.01. The van der Waals surface area contributed by atoms with E-state index < -0.39 is 0 Å². The number of carbonyl (C=O) groups is 1. The van der Waals surface area contributed by atoms with E-state index in [2.05, 4.69) is 33.9 Å². The van der Waals surface area contributed by atoms with E-state index in [1.807, 2.05) is 11.6 Å². The van der Waals surface area contributed by atoms with Gasteiger partial charge in [0.1, 0.15) is 0 Å². The quantitative estimate of drug-likeness (QED) is 0.628. The van der Waals surface area contributed by atoms with Gasteiger partial charge in [0.05, 0.1) is 5.75 Å². The molecule has 0 fully saturated rings. The zero-order valence-corrected chi connectivity index (χ0v) is 16.2. The van der Waals surface area contributed by atoms with Crippen LogP contribution in [0.5, 0.6) is 0 Å². The van der Waals surface area contributed by atoms with E-state index in [9.17, 15) is 4.79 Å². The molecule has 5 nitrogen and oxygen atoms in total. The fourth-order valence-corrected chi connectivity index (χ4v) is 3.89. The molecule has 0 unspecified atom stereocenters. The first-order valence-electron chi connectivity index (χ1n) is 7.72. The average Bonchev–Trinajstić information content (AvgIpc) is 3.21. The van der Waals surface area contributed by atoms with Crippen molar-refractivity contribution in [3.63, 3.8) is 0 Å². The molecule has 130 valence electrons. The normalized spacial score (nSPS) is 10.8. The van der Waals surface area contributed by atoms with Gasteiger partial charge < -0.3 is 9.88 Å². The molecule has 0 saturated carbocycles. The Morgan fingerprint density at radius 3 is 2.76 bits per heavy atom. The molecule has 1 N–H and O–H groups in total. The Morgan fingerprint density at radius 1 is 1.32 bits per heavy atom. The molecular weight excluding hydrogens is 376 g/mol. The van der Waals surface area contributed by atoms with E-state index in [0.717, 1.165) is 23.5 Å². The van der Waals surface area contributed by atoms with Crippen LogP contribution in [0.3, 0.4) is 0 Å².